The van der Waals surface area contributed by atoms with Gasteiger partial charge in [0.05, 0.1) is 12.2 Å². The maximum atomic E-state index is 5.96. The fourth-order valence-corrected chi connectivity index (χ4v) is 2.52. The second-order valence-electron chi connectivity index (χ2n) is 5.72. The van der Waals surface area contributed by atoms with Crippen molar-refractivity contribution >= 4 is 0 Å². The van der Waals surface area contributed by atoms with Gasteiger partial charge in [-0.25, -0.2) is 0 Å². The highest BCUT2D eigenvalue weighted by Crippen LogP contribution is 2.24. The number of ether oxygens (including phenoxy) is 2. The van der Waals surface area contributed by atoms with Gasteiger partial charge in [-0.1, -0.05) is 18.2 Å². The van der Waals surface area contributed by atoms with E-state index in [0.717, 1.165) is 31.2 Å². The molecule has 1 aliphatic carbocycles. The van der Waals surface area contributed by atoms with E-state index in [2.05, 4.69) is 30.4 Å². The molecule has 1 aromatic rings. The summed E-state index contributed by atoms with van der Waals surface area (Å²) in [6.07, 6.45) is 5.55. The lowest BCUT2D eigenvalue weighted by atomic mass is 10.2. The quantitative estimate of drug-likeness (QED) is 0.854. The van der Waals surface area contributed by atoms with Gasteiger partial charge in [0.1, 0.15) is 12.4 Å². The molecule has 19 heavy (non-hydrogen) atoms. The van der Waals surface area contributed by atoms with Gasteiger partial charge in [0.15, 0.2) is 0 Å². The lowest BCUT2D eigenvalue weighted by Gasteiger charge is -2.15. The van der Waals surface area contributed by atoms with Gasteiger partial charge in [0.25, 0.3) is 0 Å². The molecular weight excluding hydrogens is 238 g/mol. The molecule has 1 saturated carbocycles. The molecule has 2 unspecified atom stereocenters. The lowest BCUT2D eigenvalue weighted by Crippen LogP contribution is -2.20. The Kier molecular flexibility index (Phi) is 4.04. The van der Waals surface area contributed by atoms with Crippen LogP contribution in [0, 0.1) is 0 Å². The van der Waals surface area contributed by atoms with E-state index >= 15 is 0 Å². The summed E-state index contributed by atoms with van der Waals surface area (Å²) in [6.45, 7) is 3.71. The van der Waals surface area contributed by atoms with Crippen molar-refractivity contribution in [1.82, 2.24) is 5.32 Å². The first-order valence-corrected chi connectivity index (χ1v) is 7.41. The van der Waals surface area contributed by atoms with E-state index < -0.39 is 0 Å². The van der Waals surface area contributed by atoms with Crippen LogP contribution < -0.4 is 10.1 Å². The molecule has 3 heteroatoms. The van der Waals surface area contributed by atoms with Crippen LogP contribution in [0.15, 0.2) is 24.3 Å². The number of hydrogen-bond acceptors (Lipinski definition) is 3. The van der Waals surface area contributed by atoms with Crippen molar-refractivity contribution in [1.29, 1.82) is 0 Å². The van der Waals surface area contributed by atoms with Crippen LogP contribution in [-0.4, -0.2) is 24.9 Å². The Morgan fingerprint density at radius 2 is 2.05 bits per heavy atom. The molecule has 0 radical (unpaired) electrons. The van der Waals surface area contributed by atoms with Gasteiger partial charge in [0.2, 0.25) is 0 Å². The van der Waals surface area contributed by atoms with Crippen LogP contribution in [0.2, 0.25) is 0 Å². The van der Waals surface area contributed by atoms with Crippen molar-refractivity contribution in [2.75, 3.05) is 6.61 Å². The number of hydrogen-bond donors (Lipinski definition) is 1. The number of rotatable bonds is 6. The first kappa shape index (κ1) is 12.9. The first-order valence-electron chi connectivity index (χ1n) is 7.41. The Labute approximate surface area is 115 Å². The number of para-hydroxylation sites is 1. The normalized spacial score (nSPS) is 26.6. The number of benzene rings is 1. The van der Waals surface area contributed by atoms with E-state index in [1.807, 2.05) is 6.07 Å². The zero-order valence-corrected chi connectivity index (χ0v) is 11.6. The maximum absolute atomic E-state index is 5.96. The third kappa shape index (κ3) is 3.71. The van der Waals surface area contributed by atoms with E-state index in [-0.39, 0.29) is 6.10 Å². The SMILES string of the molecule is CC1CCC(COc2ccccc2CNC2CC2)O1. The maximum Gasteiger partial charge on any atom is 0.123 e. The van der Waals surface area contributed by atoms with Crippen molar-refractivity contribution in [3.05, 3.63) is 29.8 Å². The van der Waals surface area contributed by atoms with Gasteiger partial charge in [-0.2, -0.15) is 0 Å². The predicted molar refractivity (Wildman–Crippen MR) is 75.4 cm³/mol. The van der Waals surface area contributed by atoms with E-state index in [1.54, 1.807) is 0 Å². The molecule has 1 N–H and O–H groups in total. The molecule has 0 spiro atoms. The van der Waals surface area contributed by atoms with Crippen LogP contribution in [0.3, 0.4) is 0 Å². The highest BCUT2D eigenvalue weighted by Gasteiger charge is 2.23. The average Bonchev–Trinajstić information content (AvgIpc) is 3.17. The molecule has 0 amide bonds. The zero-order chi connectivity index (χ0) is 13.1. The van der Waals surface area contributed by atoms with Gasteiger partial charge in [-0.3, -0.25) is 0 Å². The molecule has 2 aliphatic rings. The number of nitrogens with one attached hydrogen (secondary N) is 1. The second-order valence-corrected chi connectivity index (χ2v) is 5.72. The van der Waals surface area contributed by atoms with Crippen LogP contribution >= 0.6 is 0 Å². The Bertz CT molecular complexity index is 417. The Morgan fingerprint density at radius 3 is 2.79 bits per heavy atom. The van der Waals surface area contributed by atoms with Crippen molar-refractivity contribution in [3.63, 3.8) is 0 Å². The summed E-state index contributed by atoms with van der Waals surface area (Å²) in [7, 11) is 0. The summed E-state index contributed by atoms with van der Waals surface area (Å²) >= 11 is 0. The van der Waals surface area contributed by atoms with Crippen molar-refractivity contribution in [2.24, 2.45) is 0 Å². The van der Waals surface area contributed by atoms with E-state index in [9.17, 15) is 0 Å². The van der Waals surface area contributed by atoms with Gasteiger partial charge >= 0.3 is 0 Å². The van der Waals surface area contributed by atoms with Gasteiger partial charge in [0, 0.05) is 18.2 Å². The molecule has 2 fully saturated rings. The van der Waals surface area contributed by atoms with E-state index in [1.165, 1.54) is 18.4 Å². The molecule has 1 heterocycles. The highest BCUT2D eigenvalue weighted by molar-refractivity contribution is 5.33. The smallest absolute Gasteiger partial charge is 0.123 e. The fraction of sp³-hybridized carbons (Fsp3) is 0.625. The lowest BCUT2D eigenvalue weighted by molar-refractivity contribution is 0.0262. The Morgan fingerprint density at radius 1 is 1.21 bits per heavy atom. The highest BCUT2D eigenvalue weighted by atomic mass is 16.5. The molecule has 3 nitrogen and oxygen atoms in total. The Balaban J connectivity index is 1.53. The van der Waals surface area contributed by atoms with Crippen LogP contribution in [0.25, 0.3) is 0 Å². The summed E-state index contributed by atoms with van der Waals surface area (Å²) in [4.78, 5) is 0. The molecule has 1 saturated heterocycles. The summed E-state index contributed by atoms with van der Waals surface area (Å²) in [6, 6.07) is 9.04. The summed E-state index contributed by atoms with van der Waals surface area (Å²) < 4.78 is 11.7. The zero-order valence-electron chi connectivity index (χ0n) is 11.6. The summed E-state index contributed by atoms with van der Waals surface area (Å²) in [5, 5.41) is 3.54. The third-order valence-electron chi connectivity index (χ3n) is 3.88. The molecule has 0 bridgehead atoms. The molecule has 2 atom stereocenters. The average molecular weight is 261 g/mol. The van der Waals surface area contributed by atoms with Crippen LogP contribution in [0.1, 0.15) is 38.2 Å². The topological polar surface area (TPSA) is 30.5 Å². The van der Waals surface area contributed by atoms with Crippen LogP contribution in [-0.2, 0) is 11.3 Å². The largest absolute Gasteiger partial charge is 0.491 e. The van der Waals surface area contributed by atoms with E-state index in [0.29, 0.717) is 12.7 Å². The summed E-state index contributed by atoms with van der Waals surface area (Å²) in [5.74, 6) is 0.999. The van der Waals surface area contributed by atoms with Gasteiger partial charge in [-0.15, -0.1) is 0 Å². The minimum absolute atomic E-state index is 0.263. The van der Waals surface area contributed by atoms with Crippen LogP contribution in [0.5, 0.6) is 5.75 Å². The molecule has 1 aromatic carbocycles. The monoisotopic (exact) mass is 261 g/mol. The van der Waals surface area contributed by atoms with Gasteiger partial charge < -0.3 is 14.8 Å². The fourth-order valence-electron chi connectivity index (χ4n) is 2.52. The minimum Gasteiger partial charge on any atom is -0.491 e. The van der Waals surface area contributed by atoms with Gasteiger partial charge in [-0.05, 0) is 38.7 Å². The molecule has 1 aliphatic heterocycles. The first-order chi connectivity index (χ1) is 9.31. The third-order valence-corrected chi connectivity index (χ3v) is 3.88. The van der Waals surface area contributed by atoms with Crippen LogP contribution in [0.4, 0.5) is 0 Å². The molecule has 0 aromatic heterocycles. The van der Waals surface area contributed by atoms with Crippen molar-refractivity contribution in [2.45, 2.75) is 57.4 Å². The van der Waals surface area contributed by atoms with Crippen molar-refractivity contribution < 1.29 is 9.47 Å². The molecule has 3 rings (SSSR count). The molecular formula is C16H23NO2. The minimum atomic E-state index is 0.263. The Hall–Kier alpha value is -1.06. The summed E-state index contributed by atoms with van der Waals surface area (Å²) in [5.41, 5.74) is 1.25. The predicted octanol–water partition coefficient (Wildman–Crippen LogP) is 2.88. The van der Waals surface area contributed by atoms with Crippen molar-refractivity contribution in [3.8, 4) is 5.75 Å². The standard InChI is InChI=1S/C16H23NO2/c1-12-6-9-15(19-12)11-18-16-5-3-2-4-13(16)10-17-14-7-8-14/h2-5,12,14-15,17H,6-11H2,1H3. The van der Waals surface area contributed by atoms with E-state index in [4.69, 9.17) is 9.47 Å². The second kappa shape index (κ2) is 5.93. The molecule has 104 valence electrons.